The summed E-state index contributed by atoms with van der Waals surface area (Å²) in [4.78, 5) is 27.5. The zero-order valence-electron chi connectivity index (χ0n) is 51.3. The van der Waals surface area contributed by atoms with Gasteiger partial charge in [0.1, 0.15) is 36.7 Å². The maximum Gasteiger partial charge on any atom is 0.339 e. The molecule has 8 aromatic carbocycles. The fraction of sp³-hybridized carbons (Fsp3) is 0.200. The first kappa shape index (κ1) is 59.9. The molecule has 12 aromatic rings. The van der Waals surface area contributed by atoms with Crippen LogP contribution in [0, 0.1) is 27.7 Å². The maximum atomic E-state index is 11.6. The summed E-state index contributed by atoms with van der Waals surface area (Å²) in [5, 5.41) is 45.4. The van der Waals surface area contributed by atoms with Gasteiger partial charge in [-0.2, -0.15) is 9.13 Å². The highest BCUT2D eigenvalue weighted by Gasteiger charge is 2.24. The number of carboxylic acid groups (broad SMARTS) is 2. The maximum absolute atomic E-state index is 11.6. The lowest BCUT2D eigenvalue weighted by Gasteiger charge is -2.16. The topological polar surface area (TPSA) is 139 Å². The molecule has 12 heteroatoms. The van der Waals surface area contributed by atoms with E-state index >= 15 is 0 Å². The number of aryl methyl sites for hydroxylation is 8. The first-order chi connectivity index (χ1) is 41.8. The van der Waals surface area contributed by atoms with Crippen molar-refractivity contribution in [1.82, 2.24) is 9.13 Å². The third-order valence-electron chi connectivity index (χ3n) is 17.0. The molecule has 0 aliphatic carbocycles. The number of carbonyl (C=O) groups is 2. The number of pyridine rings is 2. The van der Waals surface area contributed by atoms with Crippen molar-refractivity contribution in [3.8, 4) is 22.9 Å². The van der Waals surface area contributed by atoms with Gasteiger partial charge >= 0.3 is 11.9 Å². The Balaban J connectivity index is 0.000000144. The van der Waals surface area contributed by atoms with Gasteiger partial charge in [0, 0.05) is 139 Å². The Kier molecular flexibility index (Phi) is 17.6. The van der Waals surface area contributed by atoms with E-state index in [1.807, 2.05) is 0 Å². The molecule has 0 fully saturated rings. The van der Waals surface area contributed by atoms with Crippen molar-refractivity contribution in [2.75, 3.05) is 38.0 Å². The third kappa shape index (κ3) is 12.5. The number of fused-ring (bicyclic) bond motifs is 4. The van der Waals surface area contributed by atoms with Gasteiger partial charge in [0.2, 0.25) is 11.0 Å². The molecule has 0 bridgehead atoms. The summed E-state index contributed by atoms with van der Waals surface area (Å²) in [6.45, 7) is 8.86. The van der Waals surface area contributed by atoms with Crippen LogP contribution in [-0.2, 0) is 46.2 Å². The molecule has 0 saturated carbocycles. The van der Waals surface area contributed by atoms with Crippen LogP contribution in [0.1, 0.15) is 77.1 Å². The molecule has 4 aromatic heterocycles. The smallest absolute Gasteiger partial charge is 0.339 e. The minimum Gasteiger partial charge on any atom is -0.507 e. The van der Waals surface area contributed by atoms with E-state index in [2.05, 4.69) is 232 Å². The number of phenols is 2. The van der Waals surface area contributed by atoms with E-state index in [1.165, 1.54) is 102 Å². The highest BCUT2D eigenvalue weighted by molar-refractivity contribution is 6.02. The van der Waals surface area contributed by atoms with Crippen LogP contribution in [0.4, 0.5) is 11.4 Å². The Morgan fingerprint density at radius 3 is 1.16 bits per heavy atom. The quantitative estimate of drug-likeness (QED) is 0.0790. The number of hydrogen-bond donors (Lipinski definition) is 4. The summed E-state index contributed by atoms with van der Waals surface area (Å²) in [6.07, 6.45) is 4.10. The fourth-order valence-electron chi connectivity index (χ4n) is 12.2. The van der Waals surface area contributed by atoms with Gasteiger partial charge in [-0.05, 0) is 158 Å². The van der Waals surface area contributed by atoms with Crippen LogP contribution in [0.25, 0.3) is 54.7 Å². The summed E-state index contributed by atoms with van der Waals surface area (Å²) < 4.78 is 9.40. The van der Waals surface area contributed by atoms with Crippen LogP contribution < -0.4 is 18.9 Å². The number of carboxylic acids is 2. The highest BCUT2D eigenvalue weighted by Crippen LogP contribution is 2.39. The number of aromatic hydroxyl groups is 2. The van der Waals surface area contributed by atoms with Gasteiger partial charge in [0.25, 0.3) is 0 Å². The van der Waals surface area contributed by atoms with E-state index < -0.39 is 23.4 Å². The SMILES string of the molecule is Cc1cc(CCc2ccc3cc(N(C)C)ccc3[n+]2C)c(C)n1-c1ccccc1.Cc1cc(CCc2ccc3cc(N(C)C)ccc3[n+]2C)c(C)n1-c1ccccc1.O=C(O)c1cc2ccccc2c(Cc2c(O)c(C(=O)O)cc3ccccc23)c1O. The lowest BCUT2D eigenvalue weighted by atomic mass is 9.90. The molecule has 0 amide bonds. The zero-order chi connectivity index (χ0) is 61.8. The summed E-state index contributed by atoms with van der Waals surface area (Å²) in [5.41, 5.74) is 18.5. The predicted molar refractivity (Wildman–Crippen MR) is 352 cm³/mol. The van der Waals surface area contributed by atoms with Crippen LogP contribution in [0.3, 0.4) is 0 Å². The predicted octanol–water partition coefficient (Wildman–Crippen LogP) is 14.2. The molecule has 0 unspecified atom stereocenters. The number of rotatable bonds is 14. The molecular weight excluding hydrogens is 1080 g/mol. The van der Waals surface area contributed by atoms with Gasteiger partial charge in [-0.3, -0.25) is 0 Å². The Hall–Kier alpha value is -10.2. The zero-order valence-corrected chi connectivity index (χ0v) is 51.3. The summed E-state index contributed by atoms with van der Waals surface area (Å²) in [6, 6.07) is 65.1. The third-order valence-corrected chi connectivity index (χ3v) is 17.0. The van der Waals surface area contributed by atoms with Crippen LogP contribution in [0.15, 0.2) is 194 Å². The lowest BCUT2D eigenvalue weighted by Crippen LogP contribution is -2.34. The van der Waals surface area contributed by atoms with E-state index in [9.17, 15) is 30.0 Å². The molecule has 440 valence electrons. The number of aromatic carboxylic acids is 2. The molecule has 0 atom stereocenters. The average Bonchev–Trinajstić information content (AvgIpc) is 2.03. The van der Waals surface area contributed by atoms with Gasteiger partial charge in [-0.15, -0.1) is 0 Å². The van der Waals surface area contributed by atoms with E-state index in [4.69, 9.17) is 0 Å². The van der Waals surface area contributed by atoms with E-state index in [1.54, 1.807) is 48.5 Å². The molecule has 12 nitrogen and oxygen atoms in total. The Morgan fingerprint density at radius 2 is 0.793 bits per heavy atom. The van der Waals surface area contributed by atoms with Gasteiger partial charge in [0.15, 0.2) is 11.4 Å². The Bertz CT molecular complexity index is 4250. The van der Waals surface area contributed by atoms with Crippen molar-refractivity contribution in [2.24, 2.45) is 14.1 Å². The van der Waals surface area contributed by atoms with Crippen molar-refractivity contribution in [1.29, 1.82) is 0 Å². The normalized spacial score (nSPS) is 11.1. The number of para-hydroxylation sites is 2. The van der Waals surface area contributed by atoms with Crippen molar-refractivity contribution in [2.45, 2.75) is 59.8 Å². The minimum atomic E-state index is -1.28. The second-order valence-electron chi connectivity index (χ2n) is 22.9. The van der Waals surface area contributed by atoms with E-state index in [0.717, 1.165) is 25.7 Å². The number of aromatic nitrogens is 4. The second-order valence-corrected chi connectivity index (χ2v) is 22.9. The summed E-state index contributed by atoms with van der Waals surface area (Å²) in [7, 11) is 12.7. The largest absolute Gasteiger partial charge is 0.507 e. The van der Waals surface area contributed by atoms with Gasteiger partial charge in [-0.1, -0.05) is 84.9 Å². The van der Waals surface area contributed by atoms with Gasteiger partial charge < -0.3 is 39.4 Å². The minimum absolute atomic E-state index is 0.0407. The standard InChI is InChI=1S/2C26H30N3.C23H16O6/c2*1-19-17-21(20(2)29(19)24-9-7-6-8-10-24)11-13-23-14-12-22-18-25(27(3)4)15-16-26(22)28(23)5;24-20-16(14-7-3-1-5-12(14)9-18(20)22(26)27)11-17-15-8-4-2-6-13(15)10-19(21(17)25)23(28)29/h2*6-10,12,14-18H,11,13H2,1-5H3;1-10,24-25H,11H2,(H,26,27)(H,28,29)/q2*+1;. The molecule has 12 rings (SSSR count). The average molecular weight is 1160 g/mol. The van der Waals surface area contributed by atoms with E-state index in [-0.39, 0.29) is 17.5 Å². The number of hydrogen-bond acceptors (Lipinski definition) is 6. The summed E-state index contributed by atoms with van der Waals surface area (Å²) in [5.74, 6) is -3.36. The summed E-state index contributed by atoms with van der Waals surface area (Å²) >= 11 is 0. The first-order valence-electron chi connectivity index (χ1n) is 29.4. The van der Waals surface area contributed by atoms with Crippen LogP contribution in [0.2, 0.25) is 0 Å². The van der Waals surface area contributed by atoms with Crippen LogP contribution in [0.5, 0.6) is 11.5 Å². The molecule has 0 radical (unpaired) electrons. The van der Waals surface area contributed by atoms with Crippen molar-refractivity contribution in [3.63, 3.8) is 0 Å². The Labute approximate surface area is 508 Å². The fourth-order valence-corrected chi connectivity index (χ4v) is 12.2. The van der Waals surface area contributed by atoms with Crippen LogP contribution in [-0.4, -0.2) is 69.7 Å². The molecule has 0 aliphatic rings. The first-order valence-corrected chi connectivity index (χ1v) is 29.4. The monoisotopic (exact) mass is 1160 g/mol. The molecule has 0 spiro atoms. The molecule has 0 aliphatic heterocycles. The molecular formula is C75H76N6O6+2. The van der Waals surface area contributed by atoms with Crippen molar-refractivity contribution in [3.05, 3.63) is 262 Å². The molecule has 0 saturated heterocycles. The Morgan fingerprint density at radius 1 is 0.425 bits per heavy atom. The molecule has 4 heterocycles. The van der Waals surface area contributed by atoms with Gasteiger partial charge in [0.05, 0.1) is 0 Å². The number of benzene rings is 8. The van der Waals surface area contributed by atoms with Gasteiger partial charge in [-0.25, -0.2) is 9.59 Å². The molecule has 87 heavy (non-hydrogen) atoms. The molecule has 4 N–H and O–H groups in total. The number of nitrogens with zero attached hydrogens (tertiary/aromatic N) is 6. The van der Waals surface area contributed by atoms with Crippen molar-refractivity contribution >= 4 is 66.7 Å². The second kappa shape index (κ2) is 25.6. The van der Waals surface area contributed by atoms with E-state index in [0.29, 0.717) is 32.7 Å². The van der Waals surface area contributed by atoms with Crippen LogP contribution >= 0.6 is 0 Å². The van der Waals surface area contributed by atoms with Crippen molar-refractivity contribution < 1.29 is 39.1 Å². The highest BCUT2D eigenvalue weighted by atomic mass is 16.4. The number of anilines is 2. The lowest BCUT2D eigenvalue weighted by molar-refractivity contribution is -0.653.